The van der Waals surface area contributed by atoms with Crippen LogP contribution in [0, 0.1) is 11.3 Å². The zero-order chi connectivity index (χ0) is 16.8. The molecule has 1 aromatic rings. The monoisotopic (exact) mass is 335 g/mol. The number of hydrogen-bond acceptors (Lipinski definition) is 5. The third-order valence-corrected chi connectivity index (χ3v) is 3.30. The molecule has 0 radical (unpaired) electrons. The Bertz CT molecular complexity index is 709. The fourth-order valence-electron chi connectivity index (χ4n) is 1.91. The molecule has 0 atom stereocenters. The van der Waals surface area contributed by atoms with Crippen LogP contribution in [0.1, 0.15) is 12.5 Å². The molecule has 0 fully saturated rings. The molecule has 2 N–H and O–H groups in total. The zero-order valence-electron chi connectivity index (χ0n) is 12.3. The highest BCUT2D eigenvalue weighted by molar-refractivity contribution is 6.32. The first-order valence-corrected chi connectivity index (χ1v) is 7.19. The van der Waals surface area contributed by atoms with E-state index >= 15 is 0 Å². The summed E-state index contributed by atoms with van der Waals surface area (Å²) in [5.74, 6) is -0.182. The van der Waals surface area contributed by atoms with Crippen molar-refractivity contribution in [3.8, 4) is 11.8 Å². The van der Waals surface area contributed by atoms with Gasteiger partial charge >= 0.3 is 12.0 Å². The van der Waals surface area contributed by atoms with Crippen molar-refractivity contribution in [2.24, 2.45) is 0 Å². The predicted molar refractivity (Wildman–Crippen MR) is 81.9 cm³/mol. The number of rotatable bonds is 5. The van der Waals surface area contributed by atoms with Crippen LogP contribution in [0.2, 0.25) is 5.02 Å². The summed E-state index contributed by atoms with van der Waals surface area (Å²) >= 11 is 6.02. The van der Waals surface area contributed by atoms with E-state index in [0.717, 1.165) is 0 Å². The summed E-state index contributed by atoms with van der Waals surface area (Å²) < 4.78 is 10.5. The smallest absolute Gasteiger partial charge is 0.337 e. The molecule has 1 aliphatic heterocycles. The quantitative estimate of drug-likeness (QED) is 0.798. The van der Waals surface area contributed by atoms with Crippen LogP contribution in [-0.2, 0) is 9.53 Å². The zero-order valence-corrected chi connectivity index (χ0v) is 13.1. The molecule has 0 spiro atoms. The highest BCUT2D eigenvalue weighted by atomic mass is 35.5. The molecule has 0 unspecified atom stereocenters. The molecular formula is C15H14ClN3O4. The number of nitrogens with zero attached hydrogens (tertiary/aromatic N) is 1. The lowest BCUT2D eigenvalue weighted by atomic mass is 10.1. The van der Waals surface area contributed by atoms with Crippen LogP contribution in [0.3, 0.4) is 0 Å². The Morgan fingerprint density at radius 1 is 1.48 bits per heavy atom. The number of ether oxygens (including phenoxy) is 2. The first kappa shape index (κ1) is 16.6. The lowest BCUT2D eigenvalue weighted by molar-refractivity contribution is -0.138. The summed E-state index contributed by atoms with van der Waals surface area (Å²) in [5.41, 5.74) is 1.01. The molecule has 23 heavy (non-hydrogen) atoms. The Balaban J connectivity index is 2.16. The third-order valence-electron chi connectivity index (χ3n) is 3.01. The van der Waals surface area contributed by atoms with Crippen molar-refractivity contribution in [2.45, 2.75) is 6.92 Å². The molecule has 2 amide bonds. The van der Waals surface area contributed by atoms with Gasteiger partial charge in [0, 0.05) is 0 Å². The van der Waals surface area contributed by atoms with E-state index in [2.05, 4.69) is 10.6 Å². The normalized spacial score (nSPS) is 13.7. The molecule has 7 nitrogen and oxygen atoms in total. The minimum atomic E-state index is -0.524. The van der Waals surface area contributed by atoms with Crippen molar-refractivity contribution >= 4 is 23.6 Å². The fourth-order valence-corrected chi connectivity index (χ4v) is 2.14. The lowest BCUT2D eigenvalue weighted by Gasteiger charge is -2.21. The van der Waals surface area contributed by atoms with E-state index < -0.39 is 12.0 Å². The number of amides is 2. The predicted octanol–water partition coefficient (Wildman–Crippen LogP) is 1.72. The Labute approximate surface area is 137 Å². The van der Waals surface area contributed by atoms with Gasteiger partial charge in [-0.2, -0.15) is 5.26 Å². The number of nitrogens with one attached hydrogen (secondary N) is 2. The van der Waals surface area contributed by atoms with E-state index in [4.69, 9.17) is 26.3 Å². The minimum absolute atomic E-state index is 0.0600. The van der Waals surface area contributed by atoms with Gasteiger partial charge in [-0.1, -0.05) is 11.6 Å². The maximum absolute atomic E-state index is 11.9. The Kier molecular flexibility index (Phi) is 5.44. The van der Waals surface area contributed by atoms with Crippen LogP contribution < -0.4 is 15.4 Å². The molecular weight excluding hydrogens is 322 g/mol. The SMILES string of the molecule is CCOC(=O)C1=C(COc2ccc(C#N)cc2Cl)NC(=O)NC1. The number of benzene rings is 1. The van der Waals surface area contributed by atoms with Crippen molar-refractivity contribution in [3.63, 3.8) is 0 Å². The third kappa shape index (κ3) is 4.14. The number of urea groups is 1. The summed E-state index contributed by atoms with van der Waals surface area (Å²) in [6.45, 7) is 1.92. The van der Waals surface area contributed by atoms with Crippen molar-refractivity contribution in [3.05, 3.63) is 40.1 Å². The number of esters is 1. The van der Waals surface area contributed by atoms with Crippen LogP contribution >= 0.6 is 11.6 Å². The summed E-state index contributed by atoms with van der Waals surface area (Å²) in [7, 11) is 0. The van der Waals surface area contributed by atoms with Crippen LogP contribution in [0.25, 0.3) is 0 Å². The Hall–Kier alpha value is -2.72. The van der Waals surface area contributed by atoms with E-state index in [9.17, 15) is 9.59 Å². The van der Waals surface area contributed by atoms with Crippen molar-refractivity contribution in [1.29, 1.82) is 5.26 Å². The summed E-state index contributed by atoms with van der Waals surface area (Å²) in [6, 6.07) is 6.12. The molecule has 8 heteroatoms. The second-order valence-corrected chi connectivity index (χ2v) is 4.94. The van der Waals surface area contributed by atoms with Gasteiger partial charge in [-0.3, -0.25) is 0 Å². The van der Waals surface area contributed by atoms with Gasteiger partial charge in [0.2, 0.25) is 0 Å². The molecule has 0 aliphatic carbocycles. The molecule has 120 valence electrons. The molecule has 2 rings (SSSR count). The van der Waals surface area contributed by atoms with Crippen LogP contribution in [0.5, 0.6) is 5.75 Å². The summed E-state index contributed by atoms with van der Waals surface area (Å²) in [6.07, 6.45) is 0. The first-order valence-electron chi connectivity index (χ1n) is 6.81. The maximum Gasteiger partial charge on any atom is 0.337 e. The molecule has 0 aromatic heterocycles. The largest absolute Gasteiger partial charge is 0.486 e. The molecule has 1 heterocycles. The highest BCUT2D eigenvalue weighted by Crippen LogP contribution is 2.25. The second kappa shape index (κ2) is 7.51. The van der Waals surface area contributed by atoms with Gasteiger partial charge in [-0.15, -0.1) is 0 Å². The maximum atomic E-state index is 11.9. The van der Waals surface area contributed by atoms with E-state index in [-0.39, 0.29) is 30.4 Å². The van der Waals surface area contributed by atoms with E-state index in [0.29, 0.717) is 17.0 Å². The van der Waals surface area contributed by atoms with Crippen LogP contribution in [0.4, 0.5) is 4.79 Å². The van der Waals surface area contributed by atoms with Gasteiger partial charge in [0.05, 0.1) is 41.1 Å². The Morgan fingerprint density at radius 2 is 2.26 bits per heavy atom. The van der Waals surface area contributed by atoms with Gasteiger partial charge < -0.3 is 20.1 Å². The van der Waals surface area contributed by atoms with Crippen molar-refractivity contribution in [2.75, 3.05) is 19.8 Å². The van der Waals surface area contributed by atoms with Gasteiger partial charge in [0.15, 0.2) is 0 Å². The molecule has 1 aromatic carbocycles. The van der Waals surface area contributed by atoms with Crippen molar-refractivity contribution < 1.29 is 19.1 Å². The van der Waals surface area contributed by atoms with E-state index in [1.807, 2.05) is 6.07 Å². The topological polar surface area (TPSA) is 100 Å². The average molecular weight is 336 g/mol. The number of hydrogen-bond donors (Lipinski definition) is 2. The van der Waals surface area contributed by atoms with Gasteiger partial charge in [0.1, 0.15) is 12.4 Å². The fraction of sp³-hybridized carbons (Fsp3) is 0.267. The summed E-state index contributed by atoms with van der Waals surface area (Å²) in [5, 5.41) is 14.1. The van der Waals surface area contributed by atoms with Gasteiger partial charge in [-0.25, -0.2) is 9.59 Å². The number of carbonyl (C=O) groups excluding carboxylic acids is 2. The number of halogens is 1. The molecule has 0 bridgehead atoms. The van der Waals surface area contributed by atoms with Crippen LogP contribution in [-0.4, -0.2) is 31.8 Å². The van der Waals surface area contributed by atoms with E-state index in [1.54, 1.807) is 19.1 Å². The van der Waals surface area contributed by atoms with Gasteiger partial charge in [0.25, 0.3) is 0 Å². The van der Waals surface area contributed by atoms with Gasteiger partial charge in [-0.05, 0) is 25.1 Å². The standard InChI is InChI=1S/C15H14ClN3O4/c1-2-22-14(20)10-7-18-15(21)19-12(10)8-23-13-4-3-9(6-17)5-11(13)16/h3-5H,2,7-8H2,1H3,(H2,18,19,21). The molecule has 1 aliphatic rings. The number of nitriles is 1. The first-order chi connectivity index (χ1) is 11.0. The molecule has 0 saturated heterocycles. The average Bonchev–Trinajstić information content (AvgIpc) is 2.53. The summed E-state index contributed by atoms with van der Waals surface area (Å²) in [4.78, 5) is 23.3. The second-order valence-electron chi connectivity index (χ2n) is 4.53. The minimum Gasteiger partial charge on any atom is -0.486 e. The Morgan fingerprint density at radius 3 is 2.91 bits per heavy atom. The van der Waals surface area contributed by atoms with E-state index in [1.165, 1.54) is 6.07 Å². The highest BCUT2D eigenvalue weighted by Gasteiger charge is 2.24. The lowest BCUT2D eigenvalue weighted by Crippen LogP contribution is -2.45. The molecule has 0 saturated carbocycles. The number of carbonyl (C=O) groups is 2. The van der Waals surface area contributed by atoms with Crippen molar-refractivity contribution in [1.82, 2.24) is 10.6 Å². The van der Waals surface area contributed by atoms with Crippen LogP contribution in [0.15, 0.2) is 29.5 Å².